The third kappa shape index (κ3) is 1.83. The number of H-pyrrole nitrogens is 1. The van der Waals surface area contributed by atoms with Gasteiger partial charge in [-0.25, -0.2) is 0 Å². The summed E-state index contributed by atoms with van der Waals surface area (Å²) in [4.78, 5) is 0. The molecule has 5 nitrogen and oxygen atoms in total. The standard InChI is InChI=1S/C8H7N3O.H2O/c12-7-3-1-6(2-4-7)8-5-9-11-10-8;/h1-5,12H,(H,9,10,11);1H2. The summed E-state index contributed by atoms with van der Waals surface area (Å²) in [5, 5.41) is 19.0. The Bertz CT molecular complexity index is 355. The van der Waals surface area contributed by atoms with E-state index < -0.39 is 0 Å². The van der Waals surface area contributed by atoms with Gasteiger partial charge in [0.05, 0.1) is 0 Å². The first-order valence-corrected chi connectivity index (χ1v) is 3.52. The van der Waals surface area contributed by atoms with Gasteiger partial charge in [0, 0.05) is 11.8 Å². The lowest BCUT2D eigenvalue weighted by atomic mass is 10.2. The maximum Gasteiger partial charge on any atom is 0.115 e. The van der Waals surface area contributed by atoms with Crippen LogP contribution in [0.3, 0.4) is 0 Å². The molecule has 0 saturated heterocycles. The minimum atomic E-state index is 0. The zero-order valence-corrected chi connectivity index (χ0v) is 6.73. The summed E-state index contributed by atoms with van der Waals surface area (Å²) in [6, 6.07) is 6.80. The zero-order valence-electron chi connectivity index (χ0n) is 6.73. The SMILES string of the molecule is O.Oc1ccc(-c2c[nH]nn2)cc1. The maximum absolute atomic E-state index is 9.01. The molecule has 1 aromatic carbocycles. The Kier molecular flexibility index (Phi) is 2.61. The highest BCUT2D eigenvalue weighted by Crippen LogP contribution is 2.18. The van der Waals surface area contributed by atoms with E-state index in [2.05, 4.69) is 15.4 Å². The number of benzene rings is 1. The quantitative estimate of drug-likeness (QED) is 0.661. The molecule has 0 bridgehead atoms. The molecule has 0 aliphatic rings. The molecule has 13 heavy (non-hydrogen) atoms. The smallest absolute Gasteiger partial charge is 0.115 e. The summed E-state index contributed by atoms with van der Waals surface area (Å²) >= 11 is 0. The van der Waals surface area contributed by atoms with Gasteiger partial charge in [-0.3, -0.25) is 5.10 Å². The van der Waals surface area contributed by atoms with Gasteiger partial charge >= 0.3 is 0 Å². The summed E-state index contributed by atoms with van der Waals surface area (Å²) in [5.41, 5.74) is 1.71. The van der Waals surface area contributed by atoms with Crippen LogP contribution in [0.2, 0.25) is 0 Å². The molecule has 2 aromatic rings. The van der Waals surface area contributed by atoms with Crippen molar-refractivity contribution in [2.75, 3.05) is 0 Å². The molecule has 0 fully saturated rings. The molecule has 1 heterocycles. The number of rotatable bonds is 1. The molecule has 0 aliphatic heterocycles. The van der Waals surface area contributed by atoms with Crippen LogP contribution >= 0.6 is 0 Å². The van der Waals surface area contributed by atoms with E-state index in [1.165, 1.54) is 0 Å². The van der Waals surface area contributed by atoms with E-state index in [0.29, 0.717) is 0 Å². The number of aromatic nitrogens is 3. The van der Waals surface area contributed by atoms with Crippen molar-refractivity contribution in [3.8, 4) is 17.0 Å². The van der Waals surface area contributed by atoms with Crippen LogP contribution in [0.4, 0.5) is 0 Å². The first-order valence-electron chi connectivity index (χ1n) is 3.52. The van der Waals surface area contributed by atoms with Gasteiger partial charge < -0.3 is 10.6 Å². The lowest BCUT2D eigenvalue weighted by molar-refractivity contribution is 0.475. The zero-order chi connectivity index (χ0) is 8.39. The number of hydrogen-bond donors (Lipinski definition) is 2. The van der Waals surface area contributed by atoms with Crippen molar-refractivity contribution in [1.29, 1.82) is 0 Å². The molecular formula is C8H9N3O2. The summed E-state index contributed by atoms with van der Waals surface area (Å²) in [6.45, 7) is 0. The van der Waals surface area contributed by atoms with Crippen molar-refractivity contribution in [2.45, 2.75) is 0 Å². The van der Waals surface area contributed by atoms with Gasteiger partial charge in [-0.15, -0.1) is 5.10 Å². The van der Waals surface area contributed by atoms with Crippen LogP contribution in [0.15, 0.2) is 30.5 Å². The second kappa shape index (κ2) is 3.68. The van der Waals surface area contributed by atoms with Crippen molar-refractivity contribution in [3.05, 3.63) is 30.5 Å². The van der Waals surface area contributed by atoms with Crippen LogP contribution in [0.5, 0.6) is 5.75 Å². The fraction of sp³-hybridized carbons (Fsp3) is 0. The Morgan fingerprint density at radius 3 is 2.38 bits per heavy atom. The average Bonchev–Trinajstić information content (AvgIpc) is 2.58. The molecule has 0 aliphatic carbocycles. The Balaban J connectivity index is 0.000000845. The number of nitrogens with one attached hydrogen (secondary N) is 1. The molecule has 0 atom stereocenters. The molecule has 2 rings (SSSR count). The van der Waals surface area contributed by atoms with E-state index in [-0.39, 0.29) is 11.2 Å². The molecule has 1 aromatic heterocycles. The molecule has 0 amide bonds. The highest BCUT2D eigenvalue weighted by molar-refractivity contribution is 5.58. The van der Waals surface area contributed by atoms with Gasteiger partial charge in [0.15, 0.2) is 0 Å². The fourth-order valence-corrected chi connectivity index (χ4v) is 0.975. The van der Waals surface area contributed by atoms with Crippen molar-refractivity contribution < 1.29 is 10.6 Å². The number of aromatic hydroxyl groups is 1. The molecule has 0 radical (unpaired) electrons. The molecule has 0 unspecified atom stereocenters. The molecular weight excluding hydrogens is 170 g/mol. The van der Waals surface area contributed by atoms with Gasteiger partial charge in [-0.1, -0.05) is 5.21 Å². The number of phenolic OH excluding ortho intramolecular Hbond substituents is 1. The third-order valence-electron chi connectivity index (χ3n) is 1.58. The van der Waals surface area contributed by atoms with E-state index in [9.17, 15) is 0 Å². The van der Waals surface area contributed by atoms with Crippen LogP contribution < -0.4 is 0 Å². The predicted octanol–water partition coefficient (Wildman–Crippen LogP) is 0.353. The molecule has 4 N–H and O–H groups in total. The second-order valence-corrected chi connectivity index (χ2v) is 2.41. The van der Waals surface area contributed by atoms with Crippen LogP contribution in [0, 0.1) is 0 Å². The van der Waals surface area contributed by atoms with Crippen molar-refractivity contribution in [1.82, 2.24) is 15.4 Å². The van der Waals surface area contributed by atoms with Crippen molar-refractivity contribution in [3.63, 3.8) is 0 Å². The van der Waals surface area contributed by atoms with Crippen LogP contribution in [0.25, 0.3) is 11.3 Å². The Morgan fingerprint density at radius 1 is 1.15 bits per heavy atom. The van der Waals surface area contributed by atoms with Gasteiger partial charge in [-0.05, 0) is 24.3 Å². The number of aromatic amines is 1. The summed E-state index contributed by atoms with van der Waals surface area (Å²) < 4.78 is 0. The largest absolute Gasteiger partial charge is 0.508 e. The minimum Gasteiger partial charge on any atom is -0.508 e. The summed E-state index contributed by atoms with van der Waals surface area (Å²) in [7, 11) is 0. The topological polar surface area (TPSA) is 93.3 Å². The van der Waals surface area contributed by atoms with Gasteiger partial charge in [0.1, 0.15) is 11.4 Å². The molecule has 5 heteroatoms. The van der Waals surface area contributed by atoms with Crippen LogP contribution in [0.1, 0.15) is 0 Å². The van der Waals surface area contributed by atoms with E-state index in [1.807, 2.05) is 0 Å². The second-order valence-electron chi connectivity index (χ2n) is 2.41. The Morgan fingerprint density at radius 2 is 1.85 bits per heavy atom. The average molecular weight is 179 g/mol. The molecule has 0 saturated carbocycles. The van der Waals surface area contributed by atoms with Crippen molar-refractivity contribution >= 4 is 0 Å². The van der Waals surface area contributed by atoms with E-state index >= 15 is 0 Å². The number of hydrogen-bond acceptors (Lipinski definition) is 3. The fourth-order valence-electron chi connectivity index (χ4n) is 0.975. The van der Waals surface area contributed by atoms with E-state index in [0.717, 1.165) is 11.3 Å². The van der Waals surface area contributed by atoms with Gasteiger partial charge in [0.25, 0.3) is 0 Å². The number of nitrogens with zero attached hydrogens (tertiary/aromatic N) is 2. The van der Waals surface area contributed by atoms with Crippen molar-refractivity contribution in [2.24, 2.45) is 0 Å². The summed E-state index contributed by atoms with van der Waals surface area (Å²) in [5.74, 6) is 0.252. The van der Waals surface area contributed by atoms with Gasteiger partial charge in [0.2, 0.25) is 0 Å². The van der Waals surface area contributed by atoms with Crippen LogP contribution in [-0.4, -0.2) is 26.0 Å². The Hall–Kier alpha value is -1.88. The maximum atomic E-state index is 9.01. The van der Waals surface area contributed by atoms with E-state index in [4.69, 9.17) is 5.11 Å². The first kappa shape index (κ1) is 9.21. The van der Waals surface area contributed by atoms with E-state index in [1.54, 1.807) is 30.5 Å². The predicted molar refractivity (Wildman–Crippen MR) is 47.1 cm³/mol. The first-order chi connectivity index (χ1) is 5.86. The van der Waals surface area contributed by atoms with Gasteiger partial charge in [-0.2, -0.15) is 0 Å². The third-order valence-corrected chi connectivity index (χ3v) is 1.58. The lowest BCUT2D eigenvalue weighted by Crippen LogP contribution is -1.76. The molecule has 0 spiro atoms. The van der Waals surface area contributed by atoms with Crippen LogP contribution in [-0.2, 0) is 0 Å². The minimum absolute atomic E-state index is 0. The lowest BCUT2D eigenvalue weighted by Gasteiger charge is -1.94. The normalized spacial score (nSPS) is 9.23. The Labute approximate surface area is 74.3 Å². The number of phenols is 1. The highest BCUT2D eigenvalue weighted by atomic mass is 16.3. The monoisotopic (exact) mass is 179 g/mol. The highest BCUT2D eigenvalue weighted by Gasteiger charge is 1.98. The summed E-state index contributed by atoms with van der Waals surface area (Å²) in [6.07, 6.45) is 1.70. The molecule has 68 valence electrons.